The molecule has 140 valence electrons. The molecule has 0 aliphatic rings. The predicted octanol–water partition coefficient (Wildman–Crippen LogP) is 3.84. The lowest BCUT2D eigenvalue weighted by molar-refractivity contribution is 0.354. The van der Waals surface area contributed by atoms with E-state index in [9.17, 15) is 8.42 Å². The number of benzene rings is 2. The molecule has 0 heterocycles. The highest BCUT2D eigenvalue weighted by molar-refractivity contribution is 9.10. The zero-order chi connectivity index (χ0) is 19.3. The molecule has 0 aromatic heterocycles. The molecule has 0 bridgehead atoms. The van der Waals surface area contributed by atoms with Crippen LogP contribution in [0.5, 0.6) is 11.5 Å². The molecule has 1 atom stereocenters. The van der Waals surface area contributed by atoms with Crippen molar-refractivity contribution in [1.82, 2.24) is 4.83 Å². The molecule has 0 fully saturated rings. The summed E-state index contributed by atoms with van der Waals surface area (Å²) in [5.41, 5.74) is 1.88. The maximum Gasteiger partial charge on any atom is 0.276 e. The fourth-order valence-corrected chi connectivity index (χ4v) is 3.76. The first-order valence-electron chi connectivity index (χ1n) is 7.81. The molecule has 1 N–H and O–H groups in total. The molecule has 0 aliphatic heterocycles. The van der Waals surface area contributed by atoms with Crippen molar-refractivity contribution in [2.75, 3.05) is 14.2 Å². The van der Waals surface area contributed by atoms with E-state index >= 15 is 0 Å². The lowest BCUT2D eigenvalue weighted by atomic mass is 10.0. The zero-order valence-electron chi connectivity index (χ0n) is 15.0. The summed E-state index contributed by atoms with van der Waals surface area (Å²) in [7, 11) is -0.569. The molecular weight excluding hydrogens is 420 g/mol. The minimum Gasteiger partial charge on any atom is -0.493 e. The summed E-state index contributed by atoms with van der Waals surface area (Å²) >= 11 is 3.49. The van der Waals surface area contributed by atoms with Crippen molar-refractivity contribution in [2.45, 2.75) is 24.7 Å². The van der Waals surface area contributed by atoms with Crippen molar-refractivity contribution in [3.63, 3.8) is 0 Å². The fraction of sp³-hybridized carbons (Fsp3) is 0.278. The van der Waals surface area contributed by atoms with Crippen LogP contribution in [0.25, 0.3) is 0 Å². The monoisotopic (exact) mass is 440 g/mol. The quantitative estimate of drug-likeness (QED) is 0.523. The summed E-state index contributed by atoms with van der Waals surface area (Å²) in [4.78, 5) is 2.40. The highest BCUT2D eigenvalue weighted by Gasteiger charge is 2.15. The first kappa shape index (κ1) is 20.3. The number of hydrazone groups is 1. The standard InChI is InChI=1S/C18H21BrN2O4S/c1-12-5-7-14(8-6-12)26(22,23)21-20-11-13(2)15-9-17(24-3)18(25-4)10-16(15)19/h5-11,13,21H,1-4H3. The van der Waals surface area contributed by atoms with Gasteiger partial charge in [0.15, 0.2) is 11.5 Å². The van der Waals surface area contributed by atoms with Gasteiger partial charge in [-0.2, -0.15) is 13.5 Å². The molecule has 0 aliphatic carbocycles. The molecule has 2 rings (SSSR count). The number of sulfonamides is 1. The summed E-state index contributed by atoms with van der Waals surface area (Å²) in [6.45, 7) is 3.79. The van der Waals surface area contributed by atoms with E-state index in [0.29, 0.717) is 11.5 Å². The largest absolute Gasteiger partial charge is 0.493 e. The van der Waals surface area contributed by atoms with Crippen LogP contribution in [0.1, 0.15) is 24.0 Å². The predicted molar refractivity (Wildman–Crippen MR) is 106 cm³/mol. The van der Waals surface area contributed by atoms with Crippen LogP contribution in [0.3, 0.4) is 0 Å². The van der Waals surface area contributed by atoms with Gasteiger partial charge >= 0.3 is 0 Å². The third-order valence-corrected chi connectivity index (χ3v) is 5.72. The van der Waals surface area contributed by atoms with Gasteiger partial charge in [-0.25, -0.2) is 4.83 Å². The summed E-state index contributed by atoms with van der Waals surface area (Å²) in [6, 6.07) is 10.2. The molecule has 0 amide bonds. The minimum absolute atomic E-state index is 0.162. The normalized spacial score (nSPS) is 12.8. The summed E-state index contributed by atoms with van der Waals surface area (Å²) in [6.07, 6.45) is 1.53. The Morgan fingerprint density at radius 2 is 1.69 bits per heavy atom. The maximum absolute atomic E-state index is 12.2. The van der Waals surface area contributed by atoms with Gasteiger partial charge in [0.25, 0.3) is 10.0 Å². The van der Waals surface area contributed by atoms with E-state index in [2.05, 4.69) is 25.9 Å². The van der Waals surface area contributed by atoms with Crippen molar-refractivity contribution in [2.24, 2.45) is 5.10 Å². The number of halogens is 1. The van der Waals surface area contributed by atoms with Crippen LogP contribution in [0, 0.1) is 6.92 Å². The highest BCUT2D eigenvalue weighted by atomic mass is 79.9. The average Bonchev–Trinajstić information content (AvgIpc) is 2.61. The Hall–Kier alpha value is -2.06. The van der Waals surface area contributed by atoms with Crippen LogP contribution in [-0.4, -0.2) is 28.9 Å². The van der Waals surface area contributed by atoms with E-state index in [1.54, 1.807) is 44.6 Å². The van der Waals surface area contributed by atoms with Gasteiger partial charge in [-0.3, -0.25) is 0 Å². The van der Waals surface area contributed by atoms with Gasteiger partial charge in [-0.05, 0) is 36.8 Å². The number of ether oxygens (including phenoxy) is 2. The number of rotatable bonds is 7. The van der Waals surface area contributed by atoms with Crippen molar-refractivity contribution >= 4 is 32.2 Å². The van der Waals surface area contributed by atoms with Crippen molar-refractivity contribution in [1.29, 1.82) is 0 Å². The molecule has 1 unspecified atom stereocenters. The molecule has 8 heteroatoms. The fourth-order valence-electron chi connectivity index (χ4n) is 2.28. The van der Waals surface area contributed by atoms with Crippen LogP contribution < -0.4 is 14.3 Å². The lowest BCUT2D eigenvalue weighted by Crippen LogP contribution is -2.18. The molecular formula is C18H21BrN2O4S. The van der Waals surface area contributed by atoms with E-state index in [0.717, 1.165) is 15.6 Å². The molecule has 0 radical (unpaired) electrons. The topological polar surface area (TPSA) is 77.0 Å². The third-order valence-electron chi connectivity index (χ3n) is 3.80. The number of hydrogen-bond donors (Lipinski definition) is 1. The first-order chi connectivity index (χ1) is 12.3. The van der Waals surface area contributed by atoms with E-state index in [1.807, 2.05) is 19.9 Å². The second kappa shape index (κ2) is 8.55. The zero-order valence-corrected chi connectivity index (χ0v) is 17.4. The first-order valence-corrected chi connectivity index (χ1v) is 10.1. The van der Waals surface area contributed by atoms with E-state index in [1.165, 1.54) is 6.21 Å². The Labute approximate surface area is 162 Å². The molecule has 26 heavy (non-hydrogen) atoms. The van der Waals surface area contributed by atoms with Crippen LogP contribution in [0.15, 0.2) is 50.9 Å². The summed E-state index contributed by atoms with van der Waals surface area (Å²) in [5.74, 6) is 1.03. The third kappa shape index (κ3) is 4.76. The Kier molecular flexibility index (Phi) is 6.66. The SMILES string of the molecule is COc1cc(Br)c(C(C)C=NNS(=O)(=O)c2ccc(C)cc2)cc1OC. The van der Waals surface area contributed by atoms with Gasteiger partial charge in [0, 0.05) is 16.6 Å². The summed E-state index contributed by atoms with van der Waals surface area (Å²) < 4.78 is 35.9. The number of hydrogen-bond acceptors (Lipinski definition) is 5. The molecule has 6 nitrogen and oxygen atoms in total. The van der Waals surface area contributed by atoms with Gasteiger partial charge in [-0.1, -0.05) is 40.5 Å². The van der Waals surface area contributed by atoms with Gasteiger partial charge in [0.05, 0.1) is 19.1 Å². The molecule has 0 saturated heterocycles. The second-order valence-electron chi connectivity index (χ2n) is 5.70. The van der Waals surface area contributed by atoms with Gasteiger partial charge in [-0.15, -0.1) is 0 Å². The van der Waals surface area contributed by atoms with Crippen LogP contribution in [-0.2, 0) is 10.0 Å². The van der Waals surface area contributed by atoms with E-state index in [4.69, 9.17) is 9.47 Å². The number of methoxy groups -OCH3 is 2. The van der Waals surface area contributed by atoms with Crippen molar-refractivity contribution in [3.05, 3.63) is 52.0 Å². The second-order valence-corrected chi connectivity index (χ2v) is 8.22. The molecule has 2 aromatic rings. The highest BCUT2D eigenvalue weighted by Crippen LogP contribution is 2.36. The van der Waals surface area contributed by atoms with Gasteiger partial charge < -0.3 is 9.47 Å². The average molecular weight is 441 g/mol. The summed E-state index contributed by atoms with van der Waals surface area (Å²) in [5, 5.41) is 3.90. The maximum atomic E-state index is 12.2. The Bertz CT molecular complexity index is 896. The van der Waals surface area contributed by atoms with E-state index < -0.39 is 10.0 Å². The van der Waals surface area contributed by atoms with Gasteiger partial charge in [0.1, 0.15) is 0 Å². The van der Waals surface area contributed by atoms with Crippen LogP contribution in [0.4, 0.5) is 0 Å². The van der Waals surface area contributed by atoms with Crippen LogP contribution in [0.2, 0.25) is 0 Å². The Morgan fingerprint density at radius 3 is 2.27 bits per heavy atom. The lowest BCUT2D eigenvalue weighted by Gasteiger charge is -2.14. The van der Waals surface area contributed by atoms with Crippen molar-refractivity contribution in [3.8, 4) is 11.5 Å². The van der Waals surface area contributed by atoms with Crippen LogP contribution >= 0.6 is 15.9 Å². The molecule has 0 saturated carbocycles. The molecule has 2 aromatic carbocycles. The number of aryl methyl sites for hydroxylation is 1. The van der Waals surface area contributed by atoms with Gasteiger partial charge in [0.2, 0.25) is 0 Å². The number of nitrogens with one attached hydrogen (secondary N) is 1. The van der Waals surface area contributed by atoms with E-state index in [-0.39, 0.29) is 10.8 Å². The smallest absolute Gasteiger partial charge is 0.276 e. The Morgan fingerprint density at radius 1 is 1.12 bits per heavy atom. The number of nitrogens with zero attached hydrogens (tertiary/aromatic N) is 1. The minimum atomic E-state index is -3.69. The van der Waals surface area contributed by atoms with Crippen molar-refractivity contribution < 1.29 is 17.9 Å². The molecule has 0 spiro atoms. The Balaban J connectivity index is 2.16.